The zero-order valence-electron chi connectivity index (χ0n) is 9.35. The Morgan fingerprint density at radius 3 is 2.76 bits per heavy atom. The number of amides is 1. The third-order valence-electron chi connectivity index (χ3n) is 2.89. The largest absolute Gasteiger partial charge is 0.388 e. The van der Waals surface area contributed by atoms with Crippen molar-refractivity contribution in [3.8, 4) is 0 Å². The second-order valence-corrected chi connectivity index (χ2v) is 4.53. The van der Waals surface area contributed by atoms with Crippen molar-refractivity contribution in [2.45, 2.75) is 19.4 Å². The Hall–Kier alpha value is -1.39. The molecule has 0 aromatic heterocycles. The smallest absolute Gasteiger partial charge is 0.240 e. The topological polar surface area (TPSA) is 61.7 Å². The first-order chi connectivity index (χ1) is 8.08. The summed E-state index contributed by atoms with van der Waals surface area (Å²) >= 11 is 5.78. The number of aliphatic hydroxyl groups excluding tert-OH is 1. The van der Waals surface area contributed by atoms with E-state index in [1.54, 1.807) is 31.2 Å². The predicted octanol–water partition coefficient (Wildman–Crippen LogP) is 1.89. The van der Waals surface area contributed by atoms with Gasteiger partial charge in [0.1, 0.15) is 0 Å². The van der Waals surface area contributed by atoms with Crippen LogP contribution in [0.1, 0.15) is 25.0 Å². The van der Waals surface area contributed by atoms with Crippen LogP contribution in [-0.4, -0.2) is 16.7 Å². The third-order valence-corrected chi connectivity index (χ3v) is 3.14. The molecule has 1 aromatic carbocycles. The summed E-state index contributed by atoms with van der Waals surface area (Å²) in [6.45, 7) is 1.79. The summed E-state index contributed by atoms with van der Waals surface area (Å²) in [7, 11) is 0. The van der Waals surface area contributed by atoms with Gasteiger partial charge in [-0.1, -0.05) is 23.7 Å². The lowest BCUT2D eigenvalue weighted by atomic mass is 9.88. The van der Waals surface area contributed by atoms with E-state index < -0.39 is 6.10 Å². The molecule has 0 fully saturated rings. The lowest BCUT2D eigenvalue weighted by Crippen LogP contribution is -2.34. The Morgan fingerprint density at radius 1 is 1.47 bits per heavy atom. The number of carbonyl (C=O) groups is 1. The minimum atomic E-state index is -0.734. The minimum absolute atomic E-state index is 0.173. The fraction of sp³-hybridized carbons (Fsp3) is 0.333. The Balaban J connectivity index is 2.22. The zero-order valence-corrected chi connectivity index (χ0v) is 10.1. The van der Waals surface area contributed by atoms with Crippen molar-refractivity contribution in [1.82, 2.24) is 5.43 Å². The molecule has 1 amide bonds. The molecule has 2 rings (SSSR count). The Labute approximate surface area is 104 Å². The van der Waals surface area contributed by atoms with Gasteiger partial charge >= 0.3 is 0 Å². The number of hydrogen-bond acceptors (Lipinski definition) is 3. The number of carbonyl (C=O) groups excluding carboxylic acids is 1. The first kappa shape index (κ1) is 12.1. The van der Waals surface area contributed by atoms with E-state index in [-0.39, 0.29) is 18.2 Å². The molecule has 0 saturated heterocycles. The van der Waals surface area contributed by atoms with Gasteiger partial charge in [0.25, 0.3) is 0 Å². The molecule has 1 heterocycles. The zero-order chi connectivity index (χ0) is 12.4. The Morgan fingerprint density at radius 2 is 2.12 bits per heavy atom. The van der Waals surface area contributed by atoms with Gasteiger partial charge in [-0.05, 0) is 24.6 Å². The van der Waals surface area contributed by atoms with E-state index in [1.165, 1.54) is 0 Å². The molecule has 90 valence electrons. The monoisotopic (exact) mass is 252 g/mol. The summed E-state index contributed by atoms with van der Waals surface area (Å²) in [6, 6.07) is 6.95. The van der Waals surface area contributed by atoms with E-state index in [0.717, 1.165) is 11.3 Å². The highest BCUT2D eigenvalue weighted by atomic mass is 35.5. The van der Waals surface area contributed by atoms with Crippen LogP contribution in [0.15, 0.2) is 29.4 Å². The SMILES string of the molecule is CC1=NNC(=O)CC1C(O)c1ccc(Cl)cc1. The maximum atomic E-state index is 11.3. The fourth-order valence-electron chi connectivity index (χ4n) is 1.86. The molecule has 2 atom stereocenters. The van der Waals surface area contributed by atoms with Crippen LogP contribution in [0.5, 0.6) is 0 Å². The molecular weight excluding hydrogens is 240 g/mol. The Bertz CT molecular complexity index is 456. The average Bonchev–Trinajstić information content (AvgIpc) is 2.32. The standard InChI is InChI=1S/C12H13ClN2O2/c1-7-10(6-11(16)15-14-7)12(17)8-2-4-9(13)5-3-8/h2-5,10,12,17H,6H2,1H3,(H,15,16). The summed E-state index contributed by atoms with van der Waals surface area (Å²) in [5.74, 6) is -0.446. The van der Waals surface area contributed by atoms with Crippen LogP contribution in [0.2, 0.25) is 5.02 Å². The molecule has 1 aromatic rings. The first-order valence-corrected chi connectivity index (χ1v) is 5.72. The van der Waals surface area contributed by atoms with Crippen LogP contribution in [0.25, 0.3) is 0 Å². The number of nitrogens with zero attached hydrogens (tertiary/aromatic N) is 1. The summed E-state index contributed by atoms with van der Waals surface area (Å²) < 4.78 is 0. The van der Waals surface area contributed by atoms with Crippen molar-refractivity contribution in [2.75, 3.05) is 0 Å². The maximum absolute atomic E-state index is 11.3. The molecule has 2 N–H and O–H groups in total. The molecule has 17 heavy (non-hydrogen) atoms. The van der Waals surface area contributed by atoms with E-state index >= 15 is 0 Å². The lowest BCUT2D eigenvalue weighted by molar-refractivity contribution is -0.122. The predicted molar refractivity (Wildman–Crippen MR) is 65.8 cm³/mol. The van der Waals surface area contributed by atoms with Crippen LogP contribution in [0.4, 0.5) is 0 Å². The second-order valence-electron chi connectivity index (χ2n) is 4.10. The molecule has 4 nitrogen and oxygen atoms in total. The van der Waals surface area contributed by atoms with E-state index in [2.05, 4.69) is 10.5 Å². The van der Waals surface area contributed by atoms with Gasteiger partial charge in [0.2, 0.25) is 5.91 Å². The highest BCUT2D eigenvalue weighted by Gasteiger charge is 2.29. The quantitative estimate of drug-likeness (QED) is 0.844. The van der Waals surface area contributed by atoms with Crippen molar-refractivity contribution in [3.05, 3.63) is 34.9 Å². The van der Waals surface area contributed by atoms with Gasteiger partial charge in [-0.2, -0.15) is 5.10 Å². The molecule has 2 unspecified atom stereocenters. The van der Waals surface area contributed by atoms with E-state index in [0.29, 0.717) is 5.02 Å². The third kappa shape index (κ3) is 2.65. The first-order valence-electron chi connectivity index (χ1n) is 5.34. The van der Waals surface area contributed by atoms with Crippen molar-refractivity contribution >= 4 is 23.2 Å². The van der Waals surface area contributed by atoms with E-state index in [1.807, 2.05) is 0 Å². The summed E-state index contributed by atoms with van der Waals surface area (Å²) in [4.78, 5) is 11.3. The number of rotatable bonds is 2. The molecule has 0 spiro atoms. The molecule has 0 radical (unpaired) electrons. The lowest BCUT2D eigenvalue weighted by Gasteiger charge is -2.25. The van der Waals surface area contributed by atoms with Gasteiger partial charge in [0.15, 0.2) is 0 Å². The second kappa shape index (κ2) is 4.85. The molecule has 0 aliphatic carbocycles. The van der Waals surface area contributed by atoms with Crippen LogP contribution in [0, 0.1) is 5.92 Å². The summed E-state index contributed by atoms with van der Waals surface area (Å²) in [5.41, 5.74) is 3.86. The van der Waals surface area contributed by atoms with Crippen LogP contribution in [0.3, 0.4) is 0 Å². The number of hydrogen-bond donors (Lipinski definition) is 2. The number of aliphatic hydroxyl groups is 1. The number of benzene rings is 1. The number of halogens is 1. The Kier molecular flexibility index (Phi) is 3.45. The molecular formula is C12H13ClN2O2. The van der Waals surface area contributed by atoms with Gasteiger partial charge in [-0.15, -0.1) is 0 Å². The fourth-order valence-corrected chi connectivity index (χ4v) is 1.98. The van der Waals surface area contributed by atoms with Gasteiger partial charge in [0, 0.05) is 23.1 Å². The molecule has 1 aliphatic heterocycles. The normalized spacial score (nSPS) is 21.7. The number of hydrazone groups is 1. The van der Waals surface area contributed by atoms with Crippen LogP contribution < -0.4 is 5.43 Å². The molecule has 5 heteroatoms. The van der Waals surface area contributed by atoms with Gasteiger partial charge in [-0.25, -0.2) is 5.43 Å². The highest BCUT2D eigenvalue weighted by molar-refractivity contribution is 6.30. The summed E-state index contributed by atoms with van der Waals surface area (Å²) in [5, 5.41) is 14.7. The van der Waals surface area contributed by atoms with Crippen molar-refractivity contribution < 1.29 is 9.90 Å². The van der Waals surface area contributed by atoms with Crippen molar-refractivity contribution in [1.29, 1.82) is 0 Å². The van der Waals surface area contributed by atoms with Crippen LogP contribution in [-0.2, 0) is 4.79 Å². The number of nitrogens with one attached hydrogen (secondary N) is 1. The van der Waals surface area contributed by atoms with E-state index in [9.17, 15) is 9.90 Å². The van der Waals surface area contributed by atoms with Gasteiger partial charge in [-0.3, -0.25) is 4.79 Å². The van der Waals surface area contributed by atoms with Crippen molar-refractivity contribution in [2.24, 2.45) is 11.0 Å². The highest BCUT2D eigenvalue weighted by Crippen LogP contribution is 2.28. The molecule has 1 aliphatic rings. The summed E-state index contributed by atoms with van der Waals surface area (Å²) in [6.07, 6.45) is -0.485. The average molecular weight is 253 g/mol. The van der Waals surface area contributed by atoms with Crippen molar-refractivity contribution in [3.63, 3.8) is 0 Å². The van der Waals surface area contributed by atoms with Gasteiger partial charge in [0.05, 0.1) is 6.10 Å². The molecule has 0 saturated carbocycles. The van der Waals surface area contributed by atoms with Gasteiger partial charge < -0.3 is 5.11 Å². The molecule has 0 bridgehead atoms. The van der Waals surface area contributed by atoms with E-state index in [4.69, 9.17) is 11.6 Å². The van der Waals surface area contributed by atoms with Crippen LogP contribution >= 0.6 is 11.6 Å². The maximum Gasteiger partial charge on any atom is 0.240 e. The minimum Gasteiger partial charge on any atom is -0.388 e.